The average Bonchev–Trinajstić information content (AvgIpc) is 3.18. The zero-order valence-corrected chi connectivity index (χ0v) is 27.8. The third kappa shape index (κ3) is 9.24. The Bertz CT molecular complexity index is 1770. The van der Waals surface area contributed by atoms with Crippen molar-refractivity contribution in [2.24, 2.45) is 0 Å². The second-order valence-corrected chi connectivity index (χ2v) is 12.0. The Hall–Kier alpha value is -5.28. The molecule has 256 valence electrons. The smallest absolute Gasteiger partial charge is 0.338 e. The SMILES string of the molecule is COc1ccc(CO[C@H]2[C@H](OCc3ccccc3)[C@@H](OCc3ccccc3)[C@@H](OC(=O)c3ccccc3)C[C@@H]2OC(=O)c2ccccc2)cc1. The summed E-state index contributed by atoms with van der Waals surface area (Å²) in [6.07, 6.45) is -3.96. The van der Waals surface area contributed by atoms with Crippen molar-refractivity contribution < 1.29 is 38.0 Å². The number of hydrogen-bond donors (Lipinski definition) is 0. The maximum atomic E-state index is 13.6. The number of methoxy groups -OCH3 is 1. The van der Waals surface area contributed by atoms with E-state index in [2.05, 4.69) is 0 Å². The molecule has 0 spiro atoms. The summed E-state index contributed by atoms with van der Waals surface area (Å²) in [5.74, 6) is -0.314. The Labute approximate surface area is 292 Å². The van der Waals surface area contributed by atoms with E-state index in [0.717, 1.165) is 22.4 Å². The lowest BCUT2D eigenvalue weighted by molar-refractivity contribution is -0.230. The van der Waals surface area contributed by atoms with Gasteiger partial charge in [-0.05, 0) is 53.1 Å². The molecule has 1 aliphatic carbocycles. The molecule has 0 radical (unpaired) electrons. The van der Waals surface area contributed by atoms with Crippen molar-refractivity contribution in [3.05, 3.63) is 173 Å². The van der Waals surface area contributed by atoms with Crippen LogP contribution in [0.3, 0.4) is 0 Å². The molecule has 0 heterocycles. The molecule has 5 atom stereocenters. The van der Waals surface area contributed by atoms with Gasteiger partial charge >= 0.3 is 11.9 Å². The van der Waals surface area contributed by atoms with Crippen LogP contribution >= 0.6 is 0 Å². The Kier molecular flexibility index (Phi) is 12.0. The molecule has 0 N–H and O–H groups in total. The van der Waals surface area contributed by atoms with Crippen LogP contribution in [-0.2, 0) is 43.5 Å². The number of esters is 2. The summed E-state index contributed by atoms with van der Waals surface area (Å²) in [6.45, 7) is 0.646. The summed E-state index contributed by atoms with van der Waals surface area (Å²) in [5.41, 5.74) is 3.55. The molecule has 0 bridgehead atoms. The number of rotatable bonds is 14. The van der Waals surface area contributed by atoms with Crippen molar-refractivity contribution >= 4 is 11.9 Å². The fourth-order valence-electron chi connectivity index (χ4n) is 5.94. The minimum atomic E-state index is -0.855. The fourth-order valence-corrected chi connectivity index (χ4v) is 5.94. The lowest BCUT2D eigenvalue weighted by Crippen LogP contribution is -2.60. The summed E-state index contributed by atoms with van der Waals surface area (Å²) in [6, 6.07) is 44.6. The van der Waals surface area contributed by atoms with Crippen LogP contribution in [0.4, 0.5) is 0 Å². The van der Waals surface area contributed by atoms with Gasteiger partial charge in [0.2, 0.25) is 0 Å². The van der Waals surface area contributed by atoms with Gasteiger partial charge in [-0.25, -0.2) is 9.59 Å². The molecule has 0 aliphatic heterocycles. The molecule has 5 aromatic carbocycles. The van der Waals surface area contributed by atoms with Gasteiger partial charge in [0.05, 0.1) is 38.1 Å². The second-order valence-electron chi connectivity index (χ2n) is 12.0. The highest BCUT2D eigenvalue weighted by atomic mass is 16.6. The zero-order chi connectivity index (χ0) is 34.5. The summed E-state index contributed by atoms with van der Waals surface area (Å²) in [5, 5.41) is 0. The molecule has 0 aromatic heterocycles. The van der Waals surface area contributed by atoms with Crippen LogP contribution in [0.1, 0.15) is 43.8 Å². The van der Waals surface area contributed by atoms with Crippen molar-refractivity contribution in [1.29, 1.82) is 0 Å². The predicted octanol–water partition coefficient (Wildman–Crippen LogP) is 7.61. The lowest BCUT2D eigenvalue weighted by atomic mass is 9.86. The van der Waals surface area contributed by atoms with Gasteiger partial charge in [0.15, 0.2) is 0 Å². The van der Waals surface area contributed by atoms with Gasteiger partial charge in [0.1, 0.15) is 36.3 Å². The molecule has 0 amide bonds. The largest absolute Gasteiger partial charge is 0.497 e. The Morgan fingerprint density at radius 3 is 1.24 bits per heavy atom. The predicted molar refractivity (Wildman–Crippen MR) is 188 cm³/mol. The number of hydrogen-bond acceptors (Lipinski definition) is 8. The molecular weight excluding hydrogens is 632 g/mol. The van der Waals surface area contributed by atoms with Gasteiger partial charge < -0.3 is 28.4 Å². The van der Waals surface area contributed by atoms with Gasteiger partial charge in [-0.3, -0.25) is 0 Å². The topological polar surface area (TPSA) is 89.5 Å². The highest BCUT2D eigenvalue weighted by Gasteiger charge is 2.51. The van der Waals surface area contributed by atoms with E-state index in [1.54, 1.807) is 55.6 Å². The van der Waals surface area contributed by atoms with Crippen LogP contribution in [0.2, 0.25) is 0 Å². The van der Waals surface area contributed by atoms with Gasteiger partial charge in [-0.2, -0.15) is 0 Å². The number of carbonyl (C=O) groups excluding carboxylic acids is 2. The van der Waals surface area contributed by atoms with Crippen LogP contribution in [-0.4, -0.2) is 49.6 Å². The first-order chi connectivity index (χ1) is 24.6. The second kappa shape index (κ2) is 17.4. The van der Waals surface area contributed by atoms with E-state index in [1.807, 2.05) is 97.1 Å². The van der Waals surface area contributed by atoms with E-state index in [4.69, 9.17) is 28.4 Å². The lowest BCUT2D eigenvalue weighted by Gasteiger charge is -2.45. The average molecular weight is 673 g/mol. The first-order valence-electron chi connectivity index (χ1n) is 16.6. The van der Waals surface area contributed by atoms with Crippen molar-refractivity contribution in [3.8, 4) is 5.75 Å². The van der Waals surface area contributed by atoms with Crippen LogP contribution in [0.15, 0.2) is 146 Å². The molecule has 8 heteroatoms. The van der Waals surface area contributed by atoms with Gasteiger partial charge in [-0.15, -0.1) is 0 Å². The molecule has 50 heavy (non-hydrogen) atoms. The van der Waals surface area contributed by atoms with Crippen LogP contribution in [0.5, 0.6) is 5.75 Å². The molecule has 1 aliphatic rings. The van der Waals surface area contributed by atoms with Crippen LogP contribution in [0, 0.1) is 0 Å². The first-order valence-corrected chi connectivity index (χ1v) is 16.6. The molecule has 1 fully saturated rings. The molecule has 0 unspecified atom stereocenters. The van der Waals surface area contributed by atoms with E-state index in [9.17, 15) is 9.59 Å². The van der Waals surface area contributed by atoms with Gasteiger partial charge in [0, 0.05) is 6.42 Å². The zero-order valence-electron chi connectivity index (χ0n) is 27.8. The highest BCUT2D eigenvalue weighted by molar-refractivity contribution is 5.90. The monoisotopic (exact) mass is 672 g/mol. The third-order valence-corrected chi connectivity index (χ3v) is 8.55. The third-order valence-electron chi connectivity index (χ3n) is 8.55. The molecular formula is C42H40O8. The standard InChI is InChI=1S/C42H40O8/c1-45-35-24-22-32(23-25-35)29-47-39-37(50-42(44)34-20-12-5-13-21-34)26-36(49-41(43)33-18-10-4-11-19-33)38(46-27-30-14-6-2-7-15-30)40(39)48-28-31-16-8-3-9-17-31/h2-25,36-40H,26-29H2,1H3/t36-,37-,38-,39+,40+/m0/s1. The summed E-state index contributed by atoms with van der Waals surface area (Å²) in [4.78, 5) is 27.1. The van der Waals surface area contributed by atoms with Crippen LogP contribution in [0.25, 0.3) is 0 Å². The van der Waals surface area contributed by atoms with E-state index >= 15 is 0 Å². The van der Waals surface area contributed by atoms with Crippen molar-refractivity contribution in [1.82, 2.24) is 0 Å². The summed E-state index contributed by atoms with van der Waals surface area (Å²) < 4.78 is 37.7. The Morgan fingerprint density at radius 1 is 0.480 bits per heavy atom. The maximum absolute atomic E-state index is 13.6. The van der Waals surface area contributed by atoms with Crippen LogP contribution < -0.4 is 4.74 Å². The quantitative estimate of drug-likeness (QED) is 0.111. The Balaban J connectivity index is 1.36. The van der Waals surface area contributed by atoms with Crippen molar-refractivity contribution in [2.45, 2.75) is 56.8 Å². The molecule has 5 aromatic rings. The Morgan fingerprint density at radius 2 is 0.840 bits per heavy atom. The molecule has 8 nitrogen and oxygen atoms in total. The maximum Gasteiger partial charge on any atom is 0.338 e. The van der Waals surface area contributed by atoms with E-state index in [-0.39, 0.29) is 26.2 Å². The first kappa shape index (κ1) is 34.6. The molecule has 1 saturated carbocycles. The normalized spacial score (nSPS) is 20.1. The van der Waals surface area contributed by atoms with Crippen molar-refractivity contribution in [2.75, 3.05) is 7.11 Å². The number of carbonyl (C=O) groups is 2. The fraction of sp³-hybridized carbons (Fsp3) is 0.238. The molecule has 6 rings (SSSR count). The minimum Gasteiger partial charge on any atom is -0.497 e. The van der Waals surface area contributed by atoms with Gasteiger partial charge in [-0.1, -0.05) is 109 Å². The van der Waals surface area contributed by atoms with Gasteiger partial charge in [0.25, 0.3) is 0 Å². The molecule has 0 saturated heterocycles. The summed E-state index contributed by atoms with van der Waals surface area (Å²) >= 11 is 0. The number of benzene rings is 5. The van der Waals surface area contributed by atoms with E-state index in [1.165, 1.54) is 0 Å². The number of ether oxygens (including phenoxy) is 6. The minimum absolute atomic E-state index is 0.120. The van der Waals surface area contributed by atoms with Crippen molar-refractivity contribution in [3.63, 3.8) is 0 Å². The van der Waals surface area contributed by atoms with E-state index in [0.29, 0.717) is 11.1 Å². The summed E-state index contributed by atoms with van der Waals surface area (Å²) in [7, 11) is 1.62. The highest BCUT2D eigenvalue weighted by Crippen LogP contribution is 2.34. The van der Waals surface area contributed by atoms with E-state index < -0.39 is 42.5 Å².